The summed E-state index contributed by atoms with van der Waals surface area (Å²) in [4.78, 5) is 38.6. The smallest absolute Gasteiger partial charge is 0.263 e. The van der Waals surface area contributed by atoms with Crippen molar-refractivity contribution in [2.45, 2.75) is 13.1 Å². The molecular formula is C17H12Cl2N2O3. The fourth-order valence-electron chi connectivity index (χ4n) is 2.44. The Morgan fingerprint density at radius 3 is 1.83 bits per heavy atom. The first kappa shape index (κ1) is 16.5. The van der Waals surface area contributed by atoms with Crippen LogP contribution in [0.2, 0.25) is 10.0 Å². The van der Waals surface area contributed by atoms with E-state index in [4.69, 9.17) is 23.2 Å². The van der Waals surface area contributed by atoms with Gasteiger partial charge in [-0.1, -0.05) is 59.6 Å². The van der Waals surface area contributed by atoms with Gasteiger partial charge in [0.1, 0.15) is 0 Å². The van der Waals surface area contributed by atoms with Crippen LogP contribution < -0.4 is 0 Å². The Labute approximate surface area is 148 Å². The van der Waals surface area contributed by atoms with Gasteiger partial charge in [0.25, 0.3) is 0 Å². The molecule has 24 heavy (non-hydrogen) atoms. The van der Waals surface area contributed by atoms with Gasteiger partial charge in [0.2, 0.25) is 0 Å². The molecule has 0 bridgehead atoms. The van der Waals surface area contributed by atoms with E-state index >= 15 is 0 Å². The summed E-state index contributed by atoms with van der Waals surface area (Å²) in [6.07, 6.45) is 0. The minimum Gasteiger partial charge on any atom is -0.263 e. The average Bonchev–Trinajstić information content (AvgIpc) is 2.76. The van der Waals surface area contributed by atoms with Gasteiger partial charge in [0, 0.05) is 15.6 Å². The number of halogens is 2. The fraction of sp³-hybridized carbons (Fsp3) is 0.118. The van der Waals surface area contributed by atoms with Crippen molar-refractivity contribution in [3.8, 4) is 0 Å². The largest absolute Gasteiger partial charge is 0.334 e. The van der Waals surface area contributed by atoms with E-state index in [1.165, 1.54) is 0 Å². The molecule has 4 amide bonds. The summed E-state index contributed by atoms with van der Waals surface area (Å²) in [6, 6.07) is 13.2. The summed E-state index contributed by atoms with van der Waals surface area (Å²) < 4.78 is 0. The maximum Gasteiger partial charge on any atom is 0.334 e. The summed E-state index contributed by atoms with van der Waals surface area (Å²) >= 11 is 12.1. The minimum absolute atomic E-state index is 0.0387. The molecule has 7 heteroatoms. The number of urea groups is 1. The van der Waals surface area contributed by atoms with Crippen molar-refractivity contribution in [2.75, 3.05) is 0 Å². The zero-order valence-electron chi connectivity index (χ0n) is 12.4. The van der Waals surface area contributed by atoms with E-state index in [0.717, 1.165) is 15.4 Å². The normalized spacial score (nSPS) is 14.7. The summed E-state index contributed by atoms with van der Waals surface area (Å²) in [7, 11) is 0. The molecule has 0 N–H and O–H groups in total. The van der Waals surface area contributed by atoms with Crippen molar-refractivity contribution in [1.82, 2.24) is 9.80 Å². The van der Waals surface area contributed by atoms with E-state index < -0.39 is 17.8 Å². The Bertz CT molecular complexity index is 804. The number of carbonyl (C=O) groups excluding carboxylic acids is 3. The van der Waals surface area contributed by atoms with Crippen molar-refractivity contribution >= 4 is 41.0 Å². The molecule has 3 rings (SSSR count). The molecule has 0 unspecified atom stereocenters. The highest BCUT2D eigenvalue weighted by Crippen LogP contribution is 2.28. The van der Waals surface area contributed by atoms with Gasteiger partial charge in [-0.3, -0.25) is 19.4 Å². The van der Waals surface area contributed by atoms with Gasteiger partial charge < -0.3 is 0 Å². The van der Waals surface area contributed by atoms with Gasteiger partial charge in [0.05, 0.1) is 13.1 Å². The van der Waals surface area contributed by atoms with Crippen LogP contribution in [-0.2, 0) is 22.7 Å². The molecular weight excluding hydrogens is 351 g/mol. The summed E-state index contributed by atoms with van der Waals surface area (Å²) in [5.41, 5.74) is 1.18. The molecule has 0 saturated carbocycles. The van der Waals surface area contributed by atoms with Crippen LogP contribution in [-0.4, -0.2) is 27.6 Å². The zero-order valence-corrected chi connectivity index (χ0v) is 13.9. The highest BCUT2D eigenvalue weighted by molar-refractivity contribution is 6.44. The molecule has 1 saturated heterocycles. The number of amides is 4. The van der Waals surface area contributed by atoms with Gasteiger partial charge in [-0.05, 0) is 17.7 Å². The Balaban J connectivity index is 1.84. The number of nitrogens with zero attached hydrogens (tertiary/aromatic N) is 2. The molecule has 0 aromatic heterocycles. The maximum atomic E-state index is 12.5. The van der Waals surface area contributed by atoms with Crippen molar-refractivity contribution in [3.05, 3.63) is 69.7 Å². The Hall–Kier alpha value is -2.37. The molecule has 0 radical (unpaired) electrons. The Morgan fingerprint density at radius 1 is 0.708 bits per heavy atom. The van der Waals surface area contributed by atoms with Crippen LogP contribution in [0.5, 0.6) is 0 Å². The van der Waals surface area contributed by atoms with Crippen molar-refractivity contribution < 1.29 is 14.4 Å². The Kier molecular flexibility index (Phi) is 4.55. The first-order valence-corrected chi connectivity index (χ1v) is 7.88. The number of hydrogen-bond acceptors (Lipinski definition) is 3. The molecule has 0 atom stereocenters. The van der Waals surface area contributed by atoms with Crippen LogP contribution in [0, 0.1) is 0 Å². The lowest BCUT2D eigenvalue weighted by Gasteiger charge is -2.17. The third-order valence-corrected chi connectivity index (χ3v) is 4.40. The van der Waals surface area contributed by atoms with Gasteiger partial charge in [-0.2, -0.15) is 0 Å². The molecule has 1 fully saturated rings. The number of hydrogen-bond donors (Lipinski definition) is 0. The van der Waals surface area contributed by atoms with Crippen molar-refractivity contribution in [3.63, 3.8) is 0 Å². The fourth-order valence-corrected chi connectivity index (χ4v) is 2.95. The number of rotatable bonds is 4. The molecule has 0 spiro atoms. The molecule has 2 aromatic rings. The second-order valence-electron chi connectivity index (χ2n) is 5.25. The quantitative estimate of drug-likeness (QED) is 0.617. The summed E-state index contributed by atoms with van der Waals surface area (Å²) in [6.45, 7) is -0.107. The molecule has 0 aliphatic carbocycles. The molecule has 5 nitrogen and oxygen atoms in total. The Morgan fingerprint density at radius 2 is 1.25 bits per heavy atom. The summed E-state index contributed by atoms with van der Waals surface area (Å²) in [5, 5.41) is 0.661. The molecule has 1 heterocycles. The third-order valence-electron chi connectivity index (χ3n) is 3.70. The van der Waals surface area contributed by atoms with Gasteiger partial charge in [0.15, 0.2) is 0 Å². The van der Waals surface area contributed by atoms with E-state index in [1.54, 1.807) is 42.5 Å². The molecule has 2 aromatic carbocycles. The van der Waals surface area contributed by atoms with E-state index in [0.29, 0.717) is 15.6 Å². The van der Waals surface area contributed by atoms with E-state index in [9.17, 15) is 14.4 Å². The maximum absolute atomic E-state index is 12.5. The number of benzene rings is 2. The number of imide groups is 2. The molecule has 1 aliphatic heterocycles. The predicted octanol–water partition coefficient (Wildman–Crippen LogP) is 3.48. The first-order chi connectivity index (χ1) is 11.5. The highest BCUT2D eigenvalue weighted by atomic mass is 35.5. The van der Waals surface area contributed by atoms with Crippen LogP contribution in [0.25, 0.3) is 0 Å². The van der Waals surface area contributed by atoms with Crippen molar-refractivity contribution in [2.24, 2.45) is 0 Å². The van der Waals surface area contributed by atoms with Gasteiger partial charge in [-0.15, -0.1) is 0 Å². The van der Waals surface area contributed by atoms with Crippen molar-refractivity contribution in [1.29, 1.82) is 0 Å². The lowest BCUT2D eigenvalue weighted by Crippen LogP contribution is -2.32. The van der Waals surface area contributed by atoms with Gasteiger partial charge in [-0.25, -0.2) is 4.79 Å². The standard InChI is InChI=1S/C17H12Cl2N2O3/c18-13-7-4-8-14(19)12(13)10-21-16(23)15(22)20(17(21)24)9-11-5-2-1-3-6-11/h1-8H,9-10H2. The number of carbonyl (C=O) groups is 3. The lowest BCUT2D eigenvalue weighted by molar-refractivity contribution is -0.143. The van der Waals surface area contributed by atoms with Crippen LogP contribution in [0.3, 0.4) is 0 Å². The molecule has 1 aliphatic rings. The lowest BCUT2D eigenvalue weighted by atomic mass is 10.2. The zero-order chi connectivity index (χ0) is 17.3. The van der Waals surface area contributed by atoms with E-state index in [2.05, 4.69) is 0 Å². The minimum atomic E-state index is -0.882. The average molecular weight is 363 g/mol. The van der Waals surface area contributed by atoms with Gasteiger partial charge >= 0.3 is 17.8 Å². The third kappa shape index (κ3) is 3.00. The van der Waals surface area contributed by atoms with Crippen LogP contribution >= 0.6 is 23.2 Å². The second-order valence-corrected chi connectivity index (χ2v) is 6.07. The highest BCUT2D eigenvalue weighted by Gasteiger charge is 2.44. The van der Waals surface area contributed by atoms with Crippen LogP contribution in [0.15, 0.2) is 48.5 Å². The van der Waals surface area contributed by atoms with E-state index in [1.807, 2.05) is 6.07 Å². The molecule has 122 valence electrons. The van der Waals surface area contributed by atoms with Crippen LogP contribution in [0.4, 0.5) is 4.79 Å². The first-order valence-electron chi connectivity index (χ1n) is 7.13. The summed E-state index contributed by atoms with van der Waals surface area (Å²) in [5.74, 6) is -1.74. The monoisotopic (exact) mass is 362 g/mol. The SMILES string of the molecule is O=C1C(=O)N(Cc2c(Cl)cccc2Cl)C(=O)N1Cc1ccccc1. The van der Waals surface area contributed by atoms with Crippen LogP contribution in [0.1, 0.15) is 11.1 Å². The van der Waals surface area contributed by atoms with E-state index in [-0.39, 0.29) is 13.1 Å². The second kappa shape index (κ2) is 6.63. The topological polar surface area (TPSA) is 57.7 Å². The predicted molar refractivity (Wildman–Crippen MR) is 89.4 cm³/mol.